The standard InChI is InChI=1S/C29H33N9O/c1-29(2,3)12-26(39)33-20-9-18(13-30-15-20)19-10-22-27(35-36-28(22)32-14-19)23-11-21-24(34-23)16-31-17-25(21)38-7-5-37(4)6-8-38/h9-11,13-17,34H,5-8,12H2,1-4H3,(H,33,39)(H,32,35,36). The van der Waals surface area contributed by atoms with Gasteiger partial charge in [-0.15, -0.1) is 0 Å². The van der Waals surface area contributed by atoms with Gasteiger partial charge in [0, 0.05) is 66.9 Å². The topological polar surface area (TPSA) is 119 Å². The van der Waals surface area contributed by atoms with Crippen LogP contribution in [0.4, 0.5) is 11.4 Å². The molecular formula is C29H33N9O. The molecule has 200 valence electrons. The lowest BCUT2D eigenvalue weighted by molar-refractivity contribution is -0.117. The summed E-state index contributed by atoms with van der Waals surface area (Å²) in [6.45, 7) is 10.1. The van der Waals surface area contributed by atoms with Crippen LogP contribution in [0, 0.1) is 5.41 Å². The number of rotatable bonds is 5. The molecule has 0 unspecified atom stereocenters. The van der Waals surface area contributed by atoms with E-state index in [-0.39, 0.29) is 11.3 Å². The van der Waals surface area contributed by atoms with Gasteiger partial charge in [-0.25, -0.2) is 4.98 Å². The van der Waals surface area contributed by atoms with E-state index in [1.165, 1.54) is 0 Å². The molecule has 3 N–H and O–H groups in total. The van der Waals surface area contributed by atoms with Crippen molar-refractivity contribution in [2.24, 2.45) is 5.41 Å². The molecule has 0 radical (unpaired) electrons. The Labute approximate surface area is 226 Å². The third kappa shape index (κ3) is 5.20. The maximum atomic E-state index is 12.5. The van der Waals surface area contributed by atoms with Gasteiger partial charge in [0.2, 0.25) is 5.91 Å². The Hall–Kier alpha value is -4.31. The van der Waals surface area contributed by atoms with Crippen LogP contribution in [-0.4, -0.2) is 74.2 Å². The number of carbonyl (C=O) groups is 1. The highest BCUT2D eigenvalue weighted by molar-refractivity contribution is 5.99. The summed E-state index contributed by atoms with van der Waals surface area (Å²) in [5.41, 5.74) is 6.83. The van der Waals surface area contributed by atoms with Gasteiger partial charge in [0.05, 0.1) is 41.2 Å². The van der Waals surface area contributed by atoms with Crippen LogP contribution in [0.15, 0.2) is 49.2 Å². The average molecular weight is 524 g/mol. The van der Waals surface area contributed by atoms with Gasteiger partial charge in [-0.3, -0.25) is 19.9 Å². The number of nitrogens with one attached hydrogen (secondary N) is 3. The van der Waals surface area contributed by atoms with Gasteiger partial charge >= 0.3 is 0 Å². The zero-order valence-electron chi connectivity index (χ0n) is 22.7. The number of hydrogen-bond acceptors (Lipinski definition) is 7. The minimum Gasteiger partial charge on any atom is -0.367 e. The van der Waals surface area contributed by atoms with E-state index in [1.807, 2.05) is 39.2 Å². The number of anilines is 2. The fourth-order valence-electron chi connectivity index (χ4n) is 5.08. The number of aromatic nitrogens is 6. The number of amides is 1. The first-order chi connectivity index (χ1) is 18.7. The van der Waals surface area contributed by atoms with Gasteiger partial charge in [-0.05, 0) is 30.7 Å². The number of pyridine rings is 3. The highest BCUT2D eigenvalue weighted by atomic mass is 16.1. The normalized spacial score (nSPS) is 14.8. The fourth-order valence-corrected chi connectivity index (χ4v) is 5.08. The van der Waals surface area contributed by atoms with Crippen LogP contribution in [0.25, 0.3) is 44.5 Å². The van der Waals surface area contributed by atoms with E-state index < -0.39 is 0 Å². The number of likely N-dealkylation sites (N-methyl/N-ethyl adjacent to an activating group) is 1. The number of fused-ring (bicyclic) bond motifs is 2. The van der Waals surface area contributed by atoms with Crippen molar-refractivity contribution in [3.8, 4) is 22.5 Å². The molecule has 39 heavy (non-hydrogen) atoms. The molecule has 1 fully saturated rings. The molecular weight excluding hydrogens is 490 g/mol. The summed E-state index contributed by atoms with van der Waals surface area (Å²) in [6.07, 6.45) is 9.48. The van der Waals surface area contributed by atoms with Crippen molar-refractivity contribution in [3.05, 3.63) is 49.2 Å². The molecule has 10 heteroatoms. The van der Waals surface area contributed by atoms with E-state index in [1.54, 1.807) is 18.6 Å². The number of piperazine rings is 1. The summed E-state index contributed by atoms with van der Waals surface area (Å²) < 4.78 is 0. The van der Waals surface area contributed by atoms with E-state index in [9.17, 15) is 4.79 Å². The molecule has 5 aromatic rings. The van der Waals surface area contributed by atoms with E-state index >= 15 is 0 Å². The van der Waals surface area contributed by atoms with Crippen molar-refractivity contribution in [1.82, 2.24) is 35.0 Å². The van der Waals surface area contributed by atoms with Crippen LogP contribution in [0.3, 0.4) is 0 Å². The predicted molar refractivity (Wildman–Crippen MR) is 155 cm³/mol. The molecule has 1 aliphatic heterocycles. The molecule has 0 aliphatic carbocycles. The Morgan fingerprint density at radius 3 is 2.51 bits per heavy atom. The molecule has 5 aromatic heterocycles. The third-order valence-corrected chi connectivity index (χ3v) is 7.09. The summed E-state index contributed by atoms with van der Waals surface area (Å²) >= 11 is 0. The first-order valence-electron chi connectivity index (χ1n) is 13.2. The number of aromatic amines is 2. The fraction of sp³-hybridized carbons (Fsp3) is 0.345. The highest BCUT2D eigenvalue weighted by Gasteiger charge is 2.20. The summed E-state index contributed by atoms with van der Waals surface area (Å²) in [5.74, 6) is -0.0311. The van der Waals surface area contributed by atoms with Gasteiger partial charge in [0.15, 0.2) is 5.65 Å². The zero-order valence-corrected chi connectivity index (χ0v) is 22.7. The number of hydrogen-bond donors (Lipinski definition) is 3. The van der Waals surface area contributed by atoms with Crippen molar-refractivity contribution in [2.45, 2.75) is 27.2 Å². The van der Waals surface area contributed by atoms with Crippen LogP contribution >= 0.6 is 0 Å². The molecule has 6 rings (SSSR count). The Kier molecular flexibility index (Phi) is 6.26. The third-order valence-electron chi connectivity index (χ3n) is 7.09. The molecule has 0 aromatic carbocycles. The van der Waals surface area contributed by atoms with Gasteiger partial charge < -0.3 is 20.1 Å². The largest absolute Gasteiger partial charge is 0.367 e. The molecule has 0 bridgehead atoms. The predicted octanol–water partition coefficient (Wildman–Crippen LogP) is 4.69. The second kappa shape index (κ2) is 9.77. The molecule has 1 amide bonds. The van der Waals surface area contributed by atoms with Crippen LogP contribution in [-0.2, 0) is 4.79 Å². The summed E-state index contributed by atoms with van der Waals surface area (Å²) in [7, 11) is 2.16. The maximum absolute atomic E-state index is 12.5. The van der Waals surface area contributed by atoms with Crippen LogP contribution in [0.5, 0.6) is 0 Å². The molecule has 10 nitrogen and oxygen atoms in total. The Balaban J connectivity index is 1.32. The minimum atomic E-state index is -0.0916. The van der Waals surface area contributed by atoms with Crippen molar-refractivity contribution < 1.29 is 4.79 Å². The summed E-state index contributed by atoms with van der Waals surface area (Å²) in [4.78, 5) is 34.2. The second-order valence-corrected chi connectivity index (χ2v) is 11.5. The smallest absolute Gasteiger partial charge is 0.224 e. The Morgan fingerprint density at radius 1 is 0.949 bits per heavy atom. The molecule has 1 saturated heterocycles. The molecule has 0 saturated carbocycles. The minimum absolute atomic E-state index is 0.0311. The second-order valence-electron chi connectivity index (χ2n) is 11.5. The maximum Gasteiger partial charge on any atom is 0.224 e. The van der Waals surface area contributed by atoms with Crippen molar-refractivity contribution in [3.63, 3.8) is 0 Å². The van der Waals surface area contributed by atoms with Crippen molar-refractivity contribution >= 4 is 39.2 Å². The van der Waals surface area contributed by atoms with Gasteiger partial charge in [-0.2, -0.15) is 5.10 Å². The number of H-pyrrole nitrogens is 2. The van der Waals surface area contributed by atoms with Gasteiger partial charge in [0.25, 0.3) is 0 Å². The monoisotopic (exact) mass is 523 g/mol. The zero-order chi connectivity index (χ0) is 27.1. The summed E-state index contributed by atoms with van der Waals surface area (Å²) in [6, 6.07) is 6.14. The molecule has 6 heterocycles. The van der Waals surface area contributed by atoms with Crippen LogP contribution in [0.2, 0.25) is 0 Å². The van der Waals surface area contributed by atoms with Gasteiger partial charge in [0.1, 0.15) is 5.69 Å². The lowest BCUT2D eigenvalue weighted by Gasteiger charge is -2.34. The first-order valence-corrected chi connectivity index (χ1v) is 13.2. The average Bonchev–Trinajstić information content (AvgIpc) is 3.52. The van der Waals surface area contributed by atoms with Crippen molar-refractivity contribution in [2.75, 3.05) is 43.4 Å². The summed E-state index contributed by atoms with van der Waals surface area (Å²) in [5, 5.41) is 12.7. The van der Waals surface area contributed by atoms with Crippen molar-refractivity contribution in [1.29, 1.82) is 0 Å². The van der Waals surface area contributed by atoms with Crippen LogP contribution < -0.4 is 10.2 Å². The Morgan fingerprint density at radius 2 is 1.72 bits per heavy atom. The lowest BCUT2D eigenvalue weighted by Crippen LogP contribution is -2.44. The SMILES string of the molecule is CN1CCN(c2cncc3[nH]c(-c4n[nH]c5ncc(-c6cncc(NC(=O)CC(C)(C)C)c6)cc45)cc23)CC1. The number of carbonyl (C=O) groups excluding carboxylic acids is 1. The highest BCUT2D eigenvalue weighted by Crippen LogP contribution is 2.34. The van der Waals surface area contributed by atoms with Gasteiger partial charge in [-0.1, -0.05) is 20.8 Å². The molecule has 0 spiro atoms. The quantitative estimate of drug-likeness (QED) is 0.306. The first kappa shape index (κ1) is 25.0. The number of nitrogens with zero attached hydrogens (tertiary/aromatic N) is 6. The molecule has 0 atom stereocenters. The van der Waals surface area contributed by atoms with Crippen LogP contribution in [0.1, 0.15) is 27.2 Å². The van der Waals surface area contributed by atoms with E-state index in [2.05, 4.69) is 64.4 Å². The molecule has 1 aliphatic rings. The van der Waals surface area contributed by atoms with E-state index in [4.69, 9.17) is 0 Å². The van der Waals surface area contributed by atoms with E-state index in [0.29, 0.717) is 17.8 Å². The van der Waals surface area contributed by atoms with E-state index in [0.717, 1.165) is 70.7 Å². The lowest BCUT2D eigenvalue weighted by atomic mass is 9.92. The Bertz CT molecular complexity index is 1650.